The van der Waals surface area contributed by atoms with Crippen molar-refractivity contribution in [3.05, 3.63) is 24.2 Å². The van der Waals surface area contributed by atoms with E-state index in [1.54, 1.807) is 12.5 Å². The molecule has 1 aliphatic carbocycles. The van der Waals surface area contributed by atoms with Gasteiger partial charge in [-0.25, -0.2) is 0 Å². The Bertz CT molecular complexity index is 237. The van der Waals surface area contributed by atoms with E-state index in [1.807, 2.05) is 6.07 Å². The van der Waals surface area contributed by atoms with Crippen LogP contribution >= 0.6 is 0 Å². The Balaban J connectivity index is 1.87. The molecule has 1 aromatic heterocycles. The van der Waals surface area contributed by atoms with Gasteiger partial charge in [-0.3, -0.25) is 0 Å². The molecule has 0 amide bonds. The number of rotatable bonds is 3. The molecule has 1 heterocycles. The zero-order chi connectivity index (χ0) is 9.10. The highest BCUT2D eigenvalue weighted by Gasteiger charge is 2.19. The number of hydrogen-bond acceptors (Lipinski definition) is 2. The smallest absolute Gasteiger partial charge is 0.0950 e. The van der Waals surface area contributed by atoms with Gasteiger partial charge >= 0.3 is 0 Å². The Kier molecular flexibility index (Phi) is 2.69. The number of nitrogens with two attached hydrogens (primary N) is 1. The summed E-state index contributed by atoms with van der Waals surface area (Å²) in [5, 5.41) is 0. The van der Waals surface area contributed by atoms with Gasteiger partial charge in [0.15, 0.2) is 0 Å². The molecule has 1 atom stereocenters. The summed E-state index contributed by atoms with van der Waals surface area (Å²) in [5.41, 5.74) is 7.20. The Labute approximate surface area is 79.1 Å². The second-order valence-corrected chi connectivity index (χ2v) is 4.05. The van der Waals surface area contributed by atoms with Gasteiger partial charge in [0.2, 0.25) is 0 Å². The topological polar surface area (TPSA) is 39.2 Å². The van der Waals surface area contributed by atoms with Gasteiger partial charge in [-0.2, -0.15) is 0 Å². The Morgan fingerprint density at radius 3 is 2.85 bits per heavy atom. The summed E-state index contributed by atoms with van der Waals surface area (Å²) >= 11 is 0. The van der Waals surface area contributed by atoms with Gasteiger partial charge in [-0.15, -0.1) is 0 Å². The standard InChI is InChI=1S/C11H17NO/c12-11(10-5-6-13-8-10)7-9-3-1-2-4-9/h5-6,8-9,11H,1-4,7,12H2. The minimum absolute atomic E-state index is 0.182. The van der Waals surface area contributed by atoms with Crippen LogP contribution in [0.2, 0.25) is 0 Å². The van der Waals surface area contributed by atoms with Gasteiger partial charge in [0.05, 0.1) is 12.5 Å². The second-order valence-electron chi connectivity index (χ2n) is 4.05. The van der Waals surface area contributed by atoms with Crippen LogP contribution in [0.4, 0.5) is 0 Å². The van der Waals surface area contributed by atoms with Crippen molar-refractivity contribution in [3.8, 4) is 0 Å². The van der Waals surface area contributed by atoms with E-state index in [4.69, 9.17) is 10.2 Å². The number of furan rings is 1. The van der Waals surface area contributed by atoms with E-state index in [0.717, 1.165) is 17.9 Å². The van der Waals surface area contributed by atoms with E-state index >= 15 is 0 Å². The Morgan fingerprint density at radius 2 is 2.23 bits per heavy atom. The molecule has 2 N–H and O–H groups in total. The summed E-state index contributed by atoms with van der Waals surface area (Å²) in [7, 11) is 0. The lowest BCUT2D eigenvalue weighted by Crippen LogP contribution is -2.13. The van der Waals surface area contributed by atoms with Gasteiger partial charge in [0.1, 0.15) is 0 Å². The molecule has 72 valence electrons. The molecule has 2 rings (SSSR count). The summed E-state index contributed by atoms with van der Waals surface area (Å²) in [6.45, 7) is 0. The van der Waals surface area contributed by atoms with E-state index in [-0.39, 0.29) is 6.04 Å². The highest BCUT2D eigenvalue weighted by atomic mass is 16.3. The minimum atomic E-state index is 0.182. The largest absolute Gasteiger partial charge is 0.472 e. The van der Waals surface area contributed by atoms with Crippen molar-refractivity contribution in [2.24, 2.45) is 11.7 Å². The fourth-order valence-corrected chi connectivity index (χ4v) is 2.23. The first-order valence-electron chi connectivity index (χ1n) is 5.14. The van der Waals surface area contributed by atoms with Crippen LogP contribution in [-0.4, -0.2) is 0 Å². The van der Waals surface area contributed by atoms with E-state index in [0.29, 0.717) is 0 Å². The fourth-order valence-electron chi connectivity index (χ4n) is 2.23. The maximum atomic E-state index is 6.06. The van der Waals surface area contributed by atoms with Gasteiger partial charge in [0, 0.05) is 11.6 Å². The van der Waals surface area contributed by atoms with Crippen molar-refractivity contribution < 1.29 is 4.42 Å². The quantitative estimate of drug-likeness (QED) is 0.774. The molecular formula is C11H17NO. The van der Waals surface area contributed by atoms with Gasteiger partial charge in [0.25, 0.3) is 0 Å². The summed E-state index contributed by atoms with van der Waals surface area (Å²) in [6, 6.07) is 2.15. The lowest BCUT2D eigenvalue weighted by Gasteiger charge is -2.14. The Morgan fingerprint density at radius 1 is 1.46 bits per heavy atom. The van der Waals surface area contributed by atoms with E-state index in [1.165, 1.54) is 25.7 Å². The van der Waals surface area contributed by atoms with E-state index < -0.39 is 0 Å². The van der Waals surface area contributed by atoms with Gasteiger partial charge in [-0.1, -0.05) is 25.7 Å². The first kappa shape index (κ1) is 8.82. The van der Waals surface area contributed by atoms with Crippen molar-refractivity contribution in [2.45, 2.75) is 38.1 Å². The molecule has 1 aromatic rings. The van der Waals surface area contributed by atoms with E-state index in [9.17, 15) is 0 Å². The minimum Gasteiger partial charge on any atom is -0.472 e. The maximum Gasteiger partial charge on any atom is 0.0950 e. The molecule has 2 heteroatoms. The van der Waals surface area contributed by atoms with Crippen molar-refractivity contribution in [1.82, 2.24) is 0 Å². The molecule has 1 saturated carbocycles. The third kappa shape index (κ3) is 2.13. The SMILES string of the molecule is NC(CC1CCCC1)c1ccoc1. The average molecular weight is 179 g/mol. The van der Waals surface area contributed by atoms with Crippen LogP contribution in [-0.2, 0) is 0 Å². The second kappa shape index (κ2) is 3.97. The molecule has 0 aliphatic heterocycles. The third-order valence-corrected chi connectivity index (χ3v) is 3.03. The summed E-state index contributed by atoms with van der Waals surface area (Å²) in [4.78, 5) is 0. The van der Waals surface area contributed by atoms with Crippen LogP contribution in [0.1, 0.15) is 43.7 Å². The third-order valence-electron chi connectivity index (χ3n) is 3.03. The van der Waals surface area contributed by atoms with E-state index in [2.05, 4.69) is 0 Å². The summed E-state index contributed by atoms with van der Waals surface area (Å²) < 4.78 is 5.02. The monoisotopic (exact) mass is 179 g/mol. The van der Waals surface area contributed by atoms with Crippen LogP contribution in [0.3, 0.4) is 0 Å². The van der Waals surface area contributed by atoms with Crippen molar-refractivity contribution in [2.75, 3.05) is 0 Å². The van der Waals surface area contributed by atoms with Crippen LogP contribution < -0.4 is 5.73 Å². The Hall–Kier alpha value is -0.760. The molecule has 0 spiro atoms. The molecule has 0 radical (unpaired) electrons. The molecule has 1 fully saturated rings. The van der Waals surface area contributed by atoms with Gasteiger partial charge < -0.3 is 10.2 Å². The van der Waals surface area contributed by atoms with Crippen molar-refractivity contribution >= 4 is 0 Å². The zero-order valence-corrected chi connectivity index (χ0v) is 7.91. The average Bonchev–Trinajstić information content (AvgIpc) is 2.74. The lowest BCUT2D eigenvalue weighted by molar-refractivity contribution is 0.447. The molecule has 1 aliphatic rings. The summed E-state index contributed by atoms with van der Waals surface area (Å²) in [6.07, 6.45) is 10.1. The molecule has 0 aromatic carbocycles. The zero-order valence-electron chi connectivity index (χ0n) is 7.91. The first-order valence-corrected chi connectivity index (χ1v) is 5.14. The molecular weight excluding hydrogens is 162 g/mol. The molecule has 2 nitrogen and oxygen atoms in total. The number of hydrogen-bond donors (Lipinski definition) is 1. The molecule has 0 saturated heterocycles. The highest BCUT2D eigenvalue weighted by molar-refractivity contribution is 5.10. The van der Waals surface area contributed by atoms with Crippen LogP contribution in [0.15, 0.2) is 23.0 Å². The van der Waals surface area contributed by atoms with Gasteiger partial charge in [-0.05, 0) is 18.4 Å². The highest BCUT2D eigenvalue weighted by Crippen LogP contribution is 2.31. The molecule has 13 heavy (non-hydrogen) atoms. The normalized spacial score (nSPS) is 20.7. The fraction of sp³-hybridized carbons (Fsp3) is 0.636. The molecule has 1 unspecified atom stereocenters. The predicted molar refractivity (Wildman–Crippen MR) is 52.2 cm³/mol. The maximum absolute atomic E-state index is 6.06. The molecule has 0 bridgehead atoms. The van der Waals surface area contributed by atoms with Crippen LogP contribution in [0.25, 0.3) is 0 Å². The van der Waals surface area contributed by atoms with Crippen LogP contribution in [0.5, 0.6) is 0 Å². The predicted octanol–water partition coefficient (Wildman–Crippen LogP) is 2.86. The van der Waals surface area contributed by atoms with Crippen molar-refractivity contribution in [3.63, 3.8) is 0 Å². The summed E-state index contributed by atoms with van der Waals surface area (Å²) in [5.74, 6) is 0.852. The lowest BCUT2D eigenvalue weighted by atomic mass is 9.96. The van der Waals surface area contributed by atoms with Crippen molar-refractivity contribution in [1.29, 1.82) is 0 Å². The van der Waals surface area contributed by atoms with Crippen LogP contribution in [0, 0.1) is 5.92 Å². The first-order chi connectivity index (χ1) is 6.36.